The zero-order chi connectivity index (χ0) is 21.1. The minimum Gasteiger partial charge on any atom is -0.478 e. The summed E-state index contributed by atoms with van der Waals surface area (Å²) in [6, 6.07) is 2.03. The Morgan fingerprint density at radius 2 is 1.14 bits per heavy atom. The molecule has 0 aliphatic rings. The molecule has 154 valence electrons. The molecule has 0 spiro atoms. The minimum atomic E-state index is -1.43. The maximum absolute atomic E-state index is 12.0. The number of carboxylic acid groups (broad SMARTS) is 2. The standard InChI is InChI=1S/C18H24N2O8/c1-3-5-9-27-17(25)19-13-11(15(21)22)7-8-12(16(23)24)14(13)20-18(26)28-10-6-4-2/h7-8H,3-6,9-10H2,1-2H3,(H,19,25)(H,20,26)(H,21,22)(H,23,24). The van der Waals surface area contributed by atoms with Crippen LogP contribution in [0.15, 0.2) is 12.1 Å². The topological polar surface area (TPSA) is 151 Å². The van der Waals surface area contributed by atoms with E-state index in [4.69, 9.17) is 9.47 Å². The van der Waals surface area contributed by atoms with E-state index >= 15 is 0 Å². The van der Waals surface area contributed by atoms with Crippen molar-refractivity contribution in [3.05, 3.63) is 23.3 Å². The van der Waals surface area contributed by atoms with Crippen LogP contribution in [-0.2, 0) is 9.47 Å². The Morgan fingerprint density at radius 3 is 1.43 bits per heavy atom. The third kappa shape index (κ3) is 6.78. The quantitative estimate of drug-likeness (QED) is 0.436. The fraction of sp³-hybridized carbons (Fsp3) is 0.444. The normalized spacial score (nSPS) is 10.1. The molecular weight excluding hydrogens is 372 g/mol. The predicted molar refractivity (Wildman–Crippen MR) is 100 cm³/mol. The van der Waals surface area contributed by atoms with Crippen LogP contribution < -0.4 is 10.6 Å². The van der Waals surface area contributed by atoms with Crippen molar-refractivity contribution in [1.29, 1.82) is 0 Å². The van der Waals surface area contributed by atoms with E-state index in [1.54, 1.807) is 0 Å². The Balaban J connectivity index is 3.24. The first-order chi connectivity index (χ1) is 13.3. The maximum atomic E-state index is 12.0. The van der Waals surface area contributed by atoms with Gasteiger partial charge in [-0.25, -0.2) is 19.2 Å². The fourth-order valence-electron chi connectivity index (χ4n) is 2.11. The summed E-state index contributed by atoms with van der Waals surface area (Å²) >= 11 is 0. The van der Waals surface area contributed by atoms with Crippen molar-refractivity contribution < 1.29 is 38.9 Å². The van der Waals surface area contributed by atoms with E-state index in [0.717, 1.165) is 25.0 Å². The number of aromatic carboxylic acids is 2. The first-order valence-electron chi connectivity index (χ1n) is 8.82. The number of benzene rings is 1. The van der Waals surface area contributed by atoms with Gasteiger partial charge in [0.25, 0.3) is 0 Å². The lowest BCUT2D eigenvalue weighted by molar-refractivity contribution is 0.0682. The number of carbonyl (C=O) groups is 4. The Labute approximate surface area is 161 Å². The molecule has 0 radical (unpaired) electrons. The van der Waals surface area contributed by atoms with E-state index < -0.39 is 46.6 Å². The summed E-state index contributed by atoms with van der Waals surface area (Å²) in [5.74, 6) is -2.86. The molecule has 0 heterocycles. The molecule has 1 rings (SSSR count). The van der Waals surface area contributed by atoms with Gasteiger partial charge >= 0.3 is 24.1 Å². The molecule has 0 aliphatic heterocycles. The highest BCUT2D eigenvalue weighted by Crippen LogP contribution is 2.31. The molecule has 0 unspecified atom stereocenters. The van der Waals surface area contributed by atoms with Gasteiger partial charge in [-0.3, -0.25) is 10.6 Å². The van der Waals surface area contributed by atoms with E-state index in [-0.39, 0.29) is 13.2 Å². The number of carboxylic acids is 2. The molecule has 0 saturated carbocycles. The van der Waals surface area contributed by atoms with Crippen molar-refractivity contribution in [3.8, 4) is 0 Å². The van der Waals surface area contributed by atoms with Crippen molar-refractivity contribution in [1.82, 2.24) is 0 Å². The number of ether oxygens (including phenoxy) is 2. The van der Waals surface area contributed by atoms with Crippen LogP contribution in [0.2, 0.25) is 0 Å². The first-order valence-corrected chi connectivity index (χ1v) is 8.82. The van der Waals surface area contributed by atoms with E-state index in [0.29, 0.717) is 12.8 Å². The number of nitrogens with one attached hydrogen (secondary N) is 2. The van der Waals surface area contributed by atoms with Gasteiger partial charge in [-0.1, -0.05) is 26.7 Å². The second kappa shape index (κ2) is 11.4. The van der Waals surface area contributed by atoms with Gasteiger partial charge in [0, 0.05) is 0 Å². The summed E-state index contributed by atoms with van der Waals surface area (Å²) in [4.78, 5) is 47.0. The number of hydrogen-bond acceptors (Lipinski definition) is 6. The molecule has 10 heteroatoms. The van der Waals surface area contributed by atoms with Gasteiger partial charge in [0.1, 0.15) is 0 Å². The van der Waals surface area contributed by atoms with E-state index in [1.807, 2.05) is 13.8 Å². The van der Waals surface area contributed by atoms with Gasteiger partial charge in [-0.05, 0) is 25.0 Å². The Kier molecular flexibility index (Phi) is 9.28. The van der Waals surface area contributed by atoms with Gasteiger partial charge in [0.05, 0.1) is 35.7 Å². The fourth-order valence-corrected chi connectivity index (χ4v) is 2.11. The Bertz CT molecular complexity index is 672. The second-order valence-corrected chi connectivity index (χ2v) is 5.75. The van der Waals surface area contributed by atoms with Gasteiger partial charge in [0.2, 0.25) is 0 Å². The van der Waals surface area contributed by atoms with Crippen molar-refractivity contribution in [2.24, 2.45) is 0 Å². The van der Waals surface area contributed by atoms with E-state index in [1.165, 1.54) is 0 Å². The second-order valence-electron chi connectivity index (χ2n) is 5.75. The molecule has 0 fully saturated rings. The Hall–Kier alpha value is -3.30. The lowest BCUT2D eigenvalue weighted by Gasteiger charge is -2.17. The summed E-state index contributed by atoms with van der Waals surface area (Å²) in [7, 11) is 0. The largest absolute Gasteiger partial charge is 0.478 e. The third-order valence-corrected chi connectivity index (χ3v) is 3.58. The average Bonchev–Trinajstić information content (AvgIpc) is 2.62. The molecular formula is C18H24N2O8. The van der Waals surface area contributed by atoms with Crippen LogP contribution in [0.4, 0.5) is 21.0 Å². The molecule has 0 aromatic heterocycles. The number of hydrogen-bond donors (Lipinski definition) is 4. The van der Waals surface area contributed by atoms with Crippen LogP contribution in [-0.4, -0.2) is 47.6 Å². The van der Waals surface area contributed by atoms with Crippen molar-refractivity contribution in [2.75, 3.05) is 23.8 Å². The highest BCUT2D eigenvalue weighted by atomic mass is 16.6. The zero-order valence-electron chi connectivity index (χ0n) is 15.7. The molecule has 1 aromatic carbocycles. The van der Waals surface area contributed by atoms with Crippen LogP contribution in [0.3, 0.4) is 0 Å². The highest BCUT2D eigenvalue weighted by molar-refractivity contribution is 6.10. The summed E-state index contributed by atoms with van der Waals surface area (Å²) in [5, 5.41) is 23.2. The van der Waals surface area contributed by atoms with Crippen LogP contribution in [0, 0.1) is 0 Å². The predicted octanol–water partition coefficient (Wildman–Crippen LogP) is 3.78. The molecule has 0 aliphatic carbocycles. The van der Waals surface area contributed by atoms with Crippen molar-refractivity contribution >= 4 is 35.5 Å². The van der Waals surface area contributed by atoms with Gasteiger partial charge in [-0.2, -0.15) is 0 Å². The van der Waals surface area contributed by atoms with Crippen LogP contribution >= 0.6 is 0 Å². The van der Waals surface area contributed by atoms with Gasteiger partial charge in [-0.15, -0.1) is 0 Å². The number of unbranched alkanes of at least 4 members (excludes halogenated alkanes) is 2. The Morgan fingerprint density at radius 1 is 0.786 bits per heavy atom. The van der Waals surface area contributed by atoms with Crippen molar-refractivity contribution in [2.45, 2.75) is 39.5 Å². The van der Waals surface area contributed by atoms with E-state index in [2.05, 4.69) is 10.6 Å². The molecule has 0 saturated heterocycles. The molecule has 2 amide bonds. The lowest BCUT2D eigenvalue weighted by atomic mass is 10.1. The molecule has 1 aromatic rings. The SMILES string of the molecule is CCCCOC(=O)Nc1c(C(=O)O)ccc(C(=O)O)c1NC(=O)OCCCC. The van der Waals surface area contributed by atoms with Crippen molar-refractivity contribution in [3.63, 3.8) is 0 Å². The van der Waals surface area contributed by atoms with E-state index in [9.17, 15) is 29.4 Å². The smallest absolute Gasteiger partial charge is 0.411 e. The van der Waals surface area contributed by atoms with Gasteiger partial charge in [0.15, 0.2) is 0 Å². The monoisotopic (exact) mass is 396 g/mol. The highest BCUT2D eigenvalue weighted by Gasteiger charge is 2.24. The maximum Gasteiger partial charge on any atom is 0.411 e. The van der Waals surface area contributed by atoms with Crippen LogP contribution in [0.1, 0.15) is 60.2 Å². The lowest BCUT2D eigenvalue weighted by Crippen LogP contribution is -2.22. The third-order valence-electron chi connectivity index (χ3n) is 3.58. The number of rotatable bonds is 10. The first kappa shape index (κ1) is 22.7. The average molecular weight is 396 g/mol. The number of carbonyl (C=O) groups excluding carboxylic acids is 2. The molecule has 28 heavy (non-hydrogen) atoms. The molecule has 0 bridgehead atoms. The van der Waals surface area contributed by atoms with Crippen LogP contribution in [0.25, 0.3) is 0 Å². The zero-order valence-corrected chi connectivity index (χ0v) is 15.7. The molecule has 0 atom stereocenters. The summed E-state index contributed by atoms with van der Waals surface area (Å²) < 4.78 is 9.85. The molecule has 10 nitrogen and oxygen atoms in total. The van der Waals surface area contributed by atoms with Crippen LogP contribution in [0.5, 0.6) is 0 Å². The van der Waals surface area contributed by atoms with Gasteiger partial charge < -0.3 is 19.7 Å². The summed E-state index contributed by atoms with van der Waals surface area (Å²) in [6.07, 6.45) is 0.811. The number of anilines is 2. The summed E-state index contributed by atoms with van der Waals surface area (Å²) in [5.41, 5.74) is -1.63. The number of amides is 2. The minimum absolute atomic E-state index is 0.102. The summed E-state index contributed by atoms with van der Waals surface area (Å²) in [6.45, 7) is 4.00. The molecule has 4 N–H and O–H groups in total.